The number of rotatable bonds is 6. The first-order chi connectivity index (χ1) is 8.38. The van der Waals surface area contributed by atoms with E-state index in [1.807, 2.05) is 0 Å². The van der Waals surface area contributed by atoms with Gasteiger partial charge in [-0.1, -0.05) is 0 Å². The van der Waals surface area contributed by atoms with Crippen LogP contribution in [0, 0.1) is 6.92 Å². The van der Waals surface area contributed by atoms with Crippen molar-refractivity contribution < 1.29 is 24.9 Å². The lowest BCUT2D eigenvalue weighted by Gasteiger charge is -2.18. The maximum atomic E-state index is 10.6. The molecule has 18 heavy (non-hydrogen) atoms. The van der Waals surface area contributed by atoms with E-state index in [1.54, 1.807) is 13.0 Å². The molecule has 0 aromatic carbocycles. The predicted molar refractivity (Wildman–Crippen MR) is 61.2 cm³/mol. The monoisotopic (exact) mass is 254 g/mol. The van der Waals surface area contributed by atoms with Crippen molar-refractivity contribution in [2.24, 2.45) is 0 Å². The van der Waals surface area contributed by atoms with Crippen LogP contribution in [0.1, 0.15) is 11.4 Å². The fraction of sp³-hybridized carbons (Fsp3) is 0.364. The standard InChI is InChI=1S/C11H14N2O5/c1-7-2-3-9(14)8(12-7)4-13(5-10(15)16)6-11(17)18/h2-3,14H,4-6H2,1H3,(H,15,16)(H,17,18). The lowest BCUT2D eigenvalue weighted by Crippen LogP contribution is -2.34. The number of carboxylic acids is 2. The number of aliphatic carboxylic acids is 2. The molecule has 0 radical (unpaired) electrons. The minimum atomic E-state index is -1.14. The molecule has 98 valence electrons. The summed E-state index contributed by atoms with van der Waals surface area (Å²) in [5.74, 6) is -2.35. The van der Waals surface area contributed by atoms with Gasteiger partial charge in [-0.25, -0.2) is 0 Å². The summed E-state index contributed by atoms with van der Waals surface area (Å²) in [4.78, 5) is 26.5. The van der Waals surface area contributed by atoms with Crippen LogP contribution in [0.3, 0.4) is 0 Å². The summed E-state index contributed by atoms with van der Waals surface area (Å²) >= 11 is 0. The van der Waals surface area contributed by atoms with Gasteiger partial charge < -0.3 is 15.3 Å². The fourth-order valence-electron chi connectivity index (χ4n) is 1.48. The van der Waals surface area contributed by atoms with Crippen LogP contribution in [0.4, 0.5) is 0 Å². The molecule has 1 aromatic rings. The van der Waals surface area contributed by atoms with Crippen molar-refractivity contribution in [3.05, 3.63) is 23.5 Å². The summed E-state index contributed by atoms with van der Waals surface area (Å²) in [6, 6.07) is 3.05. The highest BCUT2D eigenvalue weighted by Crippen LogP contribution is 2.16. The molecule has 7 heteroatoms. The Morgan fingerprint density at radius 3 is 2.28 bits per heavy atom. The number of aryl methyl sites for hydroxylation is 1. The molecule has 1 rings (SSSR count). The maximum absolute atomic E-state index is 10.6. The molecule has 3 N–H and O–H groups in total. The molecule has 0 saturated heterocycles. The second kappa shape index (κ2) is 5.97. The smallest absolute Gasteiger partial charge is 0.317 e. The third-order valence-electron chi connectivity index (χ3n) is 2.18. The van der Waals surface area contributed by atoms with Gasteiger partial charge in [-0.15, -0.1) is 0 Å². The van der Waals surface area contributed by atoms with Crippen LogP contribution in [-0.4, -0.2) is 50.2 Å². The SMILES string of the molecule is Cc1ccc(O)c(CN(CC(=O)O)CC(=O)O)n1. The lowest BCUT2D eigenvalue weighted by atomic mass is 10.2. The highest BCUT2D eigenvalue weighted by atomic mass is 16.4. The van der Waals surface area contributed by atoms with Crippen LogP contribution in [0.15, 0.2) is 12.1 Å². The zero-order chi connectivity index (χ0) is 13.7. The van der Waals surface area contributed by atoms with Crippen LogP contribution in [0.2, 0.25) is 0 Å². The molecule has 0 saturated carbocycles. The number of pyridine rings is 1. The van der Waals surface area contributed by atoms with Gasteiger partial charge in [0.15, 0.2) is 0 Å². The van der Waals surface area contributed by atoms with Crippen LogP contribution >= 0.6 is 0 Å². The van der Waals surface area contributed by atoms with Gasteiger partial charge in [0, 0.05) is 12.2 Å². The van der Waals surface area contributed by atoms with E-state index in [2.05, 4.69) is 4.98 Å². The number of carboxylic acid groups (broad SMARTS) is 2. The molecular formula is C11H14N2O5. The van der Waals surface area contributed by atoms with Crippen LogP contribution in [0.25, 0.3) is 0 Å². The Morgan fingerprint density at radius 1 is 1.22 bits per heavy atom. The normalized spacial score (nSPS) is 10.6. The molecule has 0 fully saturated rings. The summed E-state index contributed by atoms with van der Waals surface area (Å²) in [5.41, 5.74) is 0.922. The Morgan fingerprint density at radius 2 is 1.78 bits per heavy atom. The first kappa shape index (κ1) is 13.9. The van der Waals surface area contributed by atoms with Crippen molar-refractivity contribution in [2.75, 3.05) is 13.1 Å². The number of hydrogen-bond acceptors (Lipinski definition) is 5. The Balaban J connectivity index is 2.84. The topological polar surface area (TPSA) is 111 Å². The van der Waals surface area contributed by atoms with E-state index < -0.39 is 25.0 Å². The number of nitrogens with zero attached hydrogens (tertiary/aromatic N) is 2. The second-order valence-electron chi connectivity index (χ2n) is 3.85. The van der Waals surface area contributed by atoms with Crippen molar-refractivity contribution in [1.29, 1.82) is 0 Å². The number of aromatic nitrogens is 1. The Kier molecular flexibility index (Phi) is 4.61. The summed E-state index contributed by atoms with van der Waals surface area (Å²) in [6.07, 6.45) is 0. The third kappa shape index (κ3) is 4.38. The zero-order valence-electron chi connectivity index (χ0n) is 9.83. The van der Waals surface area contributed by atoms with Crippen LogP contribution < -0.4 is 0 Å². The number of carbonyl (C=O) groups is 2. The fourth-order valence-corrected chi connectivity index (χ4v) is 1.48. The molecule has 0 amide bonds. The van der Waals surface area contributed by atoms with E-state index in [-0.39, 0.29) is 18.0 Å². The van der Waals surface area contributed by atoms with Gasteiger partial charge in [0.2, 0.25) is 0 Å². The molecule has 0 bridgehead atoms. The van der Waals surface area contributed by atoms with Gasteiger partial charge in [-0.05, 0) is 19.1 Å². The average Bonchev–Trinajstić information content (AvgIpc) is 2.21. The largest absolute Gasteiger partial charge is 0.506 e. The predicted octanol–water partition coefficient (Wildman–Crippen LogP) is 0.0668. The van der Waals surface area contributed by atoms with Crippen molar-refractivity contribution in [1.82, 2.24) is 9.88 Å². The highest BCUT2D eigenvalue weighted by molar-refractivity contribution is 5.72. The third-order valence-corrected chi connectivity index (χ3v) is 2.18. The van der Waals surface area contributed by atoms with Crippen molar-refractivity contribution in [3.63, 3.8) is 0 Å². The van der Waals surface area contributed by atoms with Crippen molar-refractivity contribution in [2.45, 2.75) is 13.5 Å². The van der Waals surface area contributed by atoms with E-state index in [9.17, 15) is 14.7 Å². The Hall–Kier alpha value is -2.15. The molecule has 0 aliphatic rings. The van der Waals surface area contributed by atoms with Gasteiger partial charge in [-0.3, -0.25) is 19.5 Å². The Bertz CT molecular complexity index is 445. The number of aromatic hydroxyl groups is 1. The molecule has 0 unspecified atom stereocenters. The van der Waals surface area contributed by atoms with Gasteiger partial charge in [0.05, 0.1) is 18.8 Å². The quantitative estimate of drug-likeness (QED) is 0.658. The van der Waals surface area contributed by atoms with Gasteiger partial charge in [0.25, 0.3) is 0 Å². The second-order valence-corrected chi connectivity index (χ2v) is 3.85. The van der Waals surface area contributed by atoms with E-state index in [1.165, 1.54) is 11.0 Å². The summed E-state index contributed by atoms with van der Waals surface area (Å²) < 4.78 is 0. The molecular weight excluding hydrogens is 240 g/mol. The first-order valence-electron chi connectivity index (χ1n) is 5.20. The van der Waals surface area contributed by atoms with E-state index >= 15 is 0 Å². The van der Waals surface area contributed by atoms with Crippen molar-refractivity contribution >= 4 is 11.9 Å². The summed E-state index contributed by atoms with van der Waals surface area (Å²) in [5, 5.41) is 26.9. The van der Waals surface area contributed by atoms with E-state index in [0.29, 0.717) is 5.69 Å². The first-order valence-corrected chi connectivity index (χ1v) is 5.20. The molecule has 1 aromatic heterocycles. The van der Waals surface area contributed by atoms with Crippen molar-refractivity contribution in [3.8, 4) is 5.75 Å². The summed E-state index contributed by atoms with van der Waals surface area (Å²) in [6.45, 7) is 0.830. The number of hydrogen-bond donors (Lipinski definition) is 3. The summed E-state index contributed by atoms with van der Waals surface area (Å²) in [7, 11) is 0. The molecule has 0 aliphatic carbocycles. The molecule has 1 heterocycles. The zero-order valence-corrected chi connectivity index (χ0v) is 9.83. The van der Waals surface area contributed by atoms with Crippen LogP contribution in [-0.2, 0) is 16.1 Å². The van der Waals surface area contributed by atoms with Gasteiger partial charge in [-0.2, -0.15) is 0 Å². The Labute approximate surface area is 103 Å². The van der Waals surface area contributed by atoms with Crippen LogP contribution in [0.5, 0.6) is 5.75 Å². The van der Waals surface area contributed by atoms with Gasteiger partial charge in [0.1, 0.15) is 5.75 Å². The molecule has 7 nitrogen and oxygen atoms in total. The van der Waals surface area contributed by atoms with Gasteiger partial charge >= 0.3 is 11.9 Å². The molecule has 0 atom stereocenters. The minimum Gasteiger partial charge on any atom is -0.506 e. The van der Waals surface area contributed by atoms with E-state index in [0.717, 1.165) is 0 Å². The maximum Gasteiger partial charge on any atom is 0.317 e. The average molecular weight is 254 g/mol. The molecule has 0 spiro atoms. The van der Waals surface area contributed by atoms with E-state index in [4.69, 9.17) is 10.2 Å². The minimum absolute atomic E-state index is 0.0356. The highest BCUT2D eigenvalue weighted by Gasteiger charge is 2.16. The lowest BCUT2D eigenvalue weighted by molar-refractivity contribution is -0.142. The molecule has 0 aliphatic heterocycles.